The van der Waals surface area contributed by atoms with Gasteiger partial charge >= 0.3 is 0 Å². The molecule has 2 amide bonds. The maximum Gasteiger partial charge on any atom is 0.230 e. The van der Waals surface area contributed by atoms with Gasteiger partial charge in [0, 0.05) is 52.0 Å². The van der Waals surface area contributed by atoms with E-state index in [-0.39, 0.29) is 11.8 Å². The number of hydrogen-bond acceptors (Lipinski definition) is 4. The lowest BCUT2D eigenvalue weighted by atomic mass is 9.73. The van der Waals surface area contributed by atoms with Gasteiger partial charge in [-0.15, -0.1) is 0 Å². The summed E-state index contributed by atoms with van der Waals surface area (Å²) in [5, 5.41) is 0. The van der Waals surface area contributed by atoms with Crippen LogP contribution in [-0.2, 0) is 22.4 Å². The number of amides is 2. The molecule has 6 heteroatoms. The number of carbonyl (C=O) groups is 2. The van der Waals surface area contributed by atoms with E-state index in [1.54, 1.807) is 43.8 Å². The highest BCUT2D eigenvalue weighted by atomic mass is 16.2. The molecule has 0 N–H and O–H groups in total. The van der Waals surface area contributed by atoms with Crippen LogP contribution in [0.4, 0.5) is 0 Å². The SMILES string of the molecule is CN(C)C(=O)[C@@]1(Cc2cccc(-c3ccncc3)c2)CCCN(C(=O)Cc2cccnc2)C1. The molecule has 0 spiro atoms. The van der Waals surface area contributed by atoms with Crippen molar-refractivity contribution in [3.05, 3.63) is 84.4 Å². The molecule has 0 radical (unpaired) electrons. The summed E-state index contributed by atoms with van der Waals surface area (Å²) < 4.78 is 0. The molecule has 2 aromatic heterocycles. The molecule has 1 aliphatic rings. The summed E-state index contributed by atoms with van der Waals surface area (Å²) in [7, 11) is 3.60. The first-order chi connectivity index (χ1) is 16.0. The third-order valence-electron chi connectivity index (χ3n) is 6.35. The quantitative estimate of drug-likeness (QED) is 0.585. The lowest BCUT2D eigenvalue weighted by molar-refractivity contribution is -0.147. The van der Waals surface area contributed by atoms with Gasteiger partial charge in [0.25, 0.3) is 0 Å². The van der Waals surface area contributed by atoms with Gasteiger partial charge in [-0.05, 0) is 59.7 Å². The number of aromatic nitrogens is 2. The van der Waals surface area contributed by atoms with Crippen molar-refractivity contribution in [3.8, 4) is 11.1 Å². The van der Waals surface area contributed by atoms with E-state index < -0.39 is 5.41 Å². The summed E-state index contributed by atoms with van der Waals surface area (Å²) in [4.78, 5) is 38.3. The third-order valence-corrected chi connectivity index (χ3v) is 6.35. The molecule has 0 bridgehead atoms. The van der Waals surface area contributed by atoms with Gasteiger partial charge in [-0.2, -0.15) is 0 Å². The second-order valence-electron chi connectivity index (χ2n) is 9.05. The van der Waals surface area contributed by atoms with E-state index in [1.165, 1.54) is 0 Å². The molecular weight excluding hydrogens is 412 g/mol. The minimum absolute atomic E-state index is 0.0455. The van der Waals surface area contributed by atoms with Gasteiger partial charge in [-0.25, -0.2) is 0 Å². The highest BCUT2D eigenvalue weighted by Crippen LogP contribution is 2.36. The maximum atomic E-state index is 13.5. The first kappa shape index (κ1) is 22.6. The number of likely N-dealkylation sites (tertiary alicyclic amines) is 1. The smallest absolute Gasteiger partial charge is 0.230 e. The van der Waals surface area contributed by atoms with Gasteiger partial charge in [0.15, 0.2) is 0 Å². The zero-order valence-electron chi connectivity index (χ0n) is 19.3. The van der Waals surface area contributed by atoms with Gasteiger partial charge in [0.2, 0.25) is 11.8 Å². The minimum atomic E-state index is -0.636. The van der Waals surface area contributed by atoms with Crippen molar-refractivity contribution >= 4 is 11.8 Å². The third kappa shape index (κ3) is 5.28. The van der Waals surface area contributed by atoms with Crippen LogP contribution in [0.2, 0.25) is 0 Å². The zero-order chi connectivity index (χ0) is 23.3. The summed E-state index contributed by atoms with van der Waals surface area (Å²) in [6, 6.07) is 16.1. The largest absolute Gasteiger partial charge is 0.348 e. The number of benzene rings is 1. The number of carbonyl (C=O) groups excluding carboxylic acids is 2. The average molecular weight is 443 g/mol. The zero-order valence-corrected chi connectivity index (χ0v) is 19.3. The number of nitrogens with zero attached hydrogens (tertiary/aromatic N) is 4. The lowest BCUT2D eigenvalue weighted by Gasteiger charge is -2.43. The van der Waals surface area contributed by atoms with Crippen molar-refractivity contribution in [1.82, 2.24) is 19.8 Å². The van der Waals surface area contributed by atoms with Gasteiger partial charge < -0.3 is 9.80 Å². The molecule has 0 saturated carbocycles. The fraction of sp³-hybridized carbons (Fsp3) is 0.333. The molecule has 6 nitrogen and oxygen atoms in total. The van der Waals surface area contributed by atoms with Crippen LogP contribution in [0, 0.1) is 5.41 Å². The predicted octanol–water partition coefficient (Wildman–Crippen LogP) is 3.63. The Labute approximate surface area is 195 Å². The van der Waals surface area contributed by atoms with Crippen LogP contribution in [0.5, 0.6) is 0 Å². The van der Waals surface area contributed by atoms with Crippen LogP contribution in [0.3, 0.4) is 0 Å². The fourth-order valence-corrected chi connectivity index (χ4v) is 4.80. The number of piperidine rings is 1. The number of hydrogen-bond donors (Lipinski definition) is 0. The average Bonchev–Trinajstić information content (AvgIpc) is 2.85. The van der Waals surface area contributed by atoms with Crippen LogP contribution < -0.4 is 0 Å². The molecule has 1 saturated heterocycles. The van der Waals surface area contributed by atoms with Crippen molar-refractivity contribution in [2.45, 2.75) is 25.7 Å². The van der Waals surface area contributed by atoms with Gasteiger partial charge in [0.05, 0.1) is 11.8 Å². The van der Waals surface area contributed by atoms with E-state index in [0.29, 0.717) is 25.9 Å². The van der Waals surface area contributed by atoms with E-state index in [9.17, 15) is 9.59 Å². The molecule has 1 fully saturated rings. The molecule has 170 valence electrons. The molecule has 0 aliphatic carbocycles. The first-order valence-corrected chi connectivity index (χ1v) is 11.3. The van der Waals surface area contributed by atoms with E-state index in [2.05, 4.69) is 28.2 Å². The number of pyridine rings is 2. The van der Waals surface area contributed by atoms with Crippen molar-refractivity contribution in [1.29, 1.82) is 0 Å². The van der Waals surface area contributed by atoms with Gasteiger partial charge in [-0.3, -0.25) is 19.6 Å². The second kappa shape index (κ2) is 9.94. The first-order valence-electron chi connectivity index (χ1n) is 11.3. The van der Waals surface area contributed by atoms with Crippen molar-refractivity contribution in [2.24, 2.45) is 5.41 Å². The number of rotatable bonds is 6. The Hall–Kier alpha value is -3.54. The summed E-state index contributed by atoms with van der Waals surface area (Å²) in [6.07, 6.45) is 9.47. The molecule has 1 aromatic carbocycles. The van der Waals surface area contributed by atoms with Crippen LogP contribution >= 0.6 is 0 Å². The highest BCUT2D eigenvalue weighted by Gasteiger charge is 2.44. The Morgan fingerprint density at radius 2 is 1.76 bits per heavy atom. The standard InChI is InChI=1S/C27H30N4O2/c1-30(2)26(33)27(18-21-6-3-8-24(16-21)23-9-13-28-14-10-23)11-5-15-31(20-27)25(32)17-22-7-4-12-29-19-22/h3-4,6-10,12-14,16,19H,5,11,15,17-18,20H2,1-2H3/t27-/m1/s1. The Morgan fingerprint density at radius 3 is 2.48 bits per heavy atom. The molecular formula is C27H30N4O2. The van der Waals surface area contributed by atoms with Gasteiger partial charge in [-0.1, -0.05) is 30.3 Å². The Bertz CT molecular complexity index is 1100. The molecule has 1 aliphatic heterocycles. The van der Waals surface area contributed by atoms with Crippen LogP contribution in [0.15, 0.2) is 73.3 Å². The topological polar surface area (TPSA) is 66.4 Å². The molecule has 1 atom stereocenters. The fourth-order valence-electron chi connectivity index (χ4n) is 4.80. The molecule has 4 rings (SSSR count). The Morgan fingerprint density at radius 1 is 0.970 bits per heavy atom. The maximum absolute atomic E-state index is 13.5. The van der Waals surface area contributed by atoms with E-state index in [0.717, 1.165) is 35.1 Å². The minimum Gasteiger partial charge on any atom is -0.348 e. The molecule has 0 unspecified atom stereocenters. The van der Waals surface area contributed by atoms with Crippen molar-refractivity contribution in [3.63, 3.8) is 0 Å². The predicted molar refractivity (Wildman–Crippen MR) is 128 cm³/mol. The van der Waals surface area contributed by atoms with Crippen LogP contribution in [0.1, 0.15) is 24.0 Å². The monoisotopic (exact) mass is 442 g/mol. The summed E-state index contributed by atoms with van der Waals surface area (Å²) in [5.74, 6) is 0.125. The molecule has 3 aromatic rings. The molecule has 33 heavy (non-hydrogen) atoms. The summed E-state index contributed by atoms with van der Waals surface area (Å²) in [5.41, 5.74) is 3.55. The lowest BCUT2D eigenvalue weighted by Crippen LogP contribution is -2.54. The summed E-state index contributed by atoms with van der Waals surface area (Å²) >= 11 is 0. The van der Waals surface area contributed by atoms with Crippen LogP contribution in [0.25, 0.3) is 11.1 Å². The van der Waals surface area contributed by atoms with Crippen LogP contribution in [-0.4, -0.2) is 58.8 Å². The normalized spacial score (nSPS) is 18.1. The van der Waals surface area contributed by atoms with Crippen molar-refractivity contribution < 1.29 is 9.59 Å². The van der Waals surface area contributed by atoms with Gasteiger partial charge in [0.1, 0.15) is 0 Å². The van der Waals surface area contributed by atoms with E-state index >= 15 is 0 Å². The van der Waals surface area contributed by atoms with E-state index in [1.807, 2.05) is 35.2 Å². The highest BCUT2D eigenvalue weighted by molar-refractivity contribution is 5.85. The Balaban J connectivity index is 1.59. The summed E-state index contributed by atoms with van der Waals surface area (Å²) in [6.45, 7) is 1.11. The van der Waals surface area contributed by atoms with E-state index in [4.69, 9.17) is 0 Å². The van der Waals surface area contributed by atoms with Crippen molar-refractivity contribution in [2.75, 3.05) is 27.2 Å². The second-order valence-corrected chi connectivity index (χ2v) is 9.05. The molecule has 3 heterocycles. The Kier molecular flexibility index (Phi) is 6.82.